The highest BCUT2D eigenvalue weighted by molar-refractivity contribution is 5.78. The van der Waals surface area contributed by atoms with Crippen LogP contribution in [0.15, 0.2) is 48.7 Å². The normalized spacial score (nSPS) is 18.7. The number of pyridine rings is 1. The summed E-state index contributed by atoms with van der Waals surface area (Å²) in [5.41, 5.74) is 0. The number of likely N-dealkylation sites (tertiary alicyclic amines) is 1. The van der Waals surface area contributed by atoms with Crippen molar-refractivity contribution < 1.29 is 13.9 Å². The SMILES string of the molecule is O=C(CN1CCC(Oc2ccccc2F)CC1)N1CCN(c2ccccn2)CC1. The molecule has 0 unspecified atom stereocenters. The highest BCUT2D eigenvalue weighted by atomic mass is 19.1. The first-order valence-electron chi connectivity index (χ1n) is 10.3. The van der Waals surface area contributed by atoms with Crippen molar-refractivity contribution in [2.45, 2.75) is 18.9 Å². The van der Waals surface area contributed by atoms with E-state index in [2.05, 4.69) is 14.8 Å². The van der Waals surface area contributed by atoms with Gasteiger partial charge in [-0.15, -0.1) is 0 Å². The van der Waals surface area contributed by atoms with Gasteiger partial charge in [0.05, 0.1) is 6.54 Å². The summed E-state index contributed by atoms with van der Waals surface area (Å²) in [6.45, 7) is 5.08. The number of anilines is 1. The van der Waals surface area contributed by atoms with Crippen molar-refractivity contribution in [2.24, 2.45) is 0 Å². The van der Waals surface area contributed by atoms with Crippen molar-refractivity contribution in [2.75, 3.05) is 50.7 Å². The summed E-state index contributed by atoms with van der Waals surface area (Å²) in [6, 6.07) is 12.4. The van der Waals surface area contributed by atoms with Crippen LogP contribution in [-0.2, 0) is 4.79 Å². The van der Waals surface area contributed by atoms with Gasteiger partial charge in [0.15, 0.2) is 11.6 Å². The number of benzene rings is 1. The second-order valence-corrected chi connectivity index (χ2v) is 7.58. The van der Waals surface area contributed by atoms with Crippen LogP contribution in [0, 0.1) is 5.82 Å². The van der Waals surface area contributed by atoms with Gasteiger partial charge < -0.3 is 14.5 Å². The third-order valence-corrected chi connectivity index (χ3v) is 5.63. The number of carbonyl (C=O) groups is 1. The summed E-state index contributed by atoms with van der Waals surface area (Å²) >= 11 is 0. The summed E-state index contributed by atoms with van der Waals surface area (Å²) in [5, 5.41) is 0. The maximum atomic E-state index is 13.7. The van der Waals surface area contributed by atoms with Crippen LogP contribution < -0.4 is 9.64 Å². The van der Waals surface area contributed by atoms with Crippen LogP contribution in [0.5, 0.6) is 5.75 Å². The van der Waals surface area contributed by atoms with Crippen molar-refractivity contribution in [1.29, 1.82) is 0 Å². The molecule has 4 rings (SSSR count). The van der Waals surface area contributed by atoms with Gasteiger partial charge in [-0.1, -0.05) is 18.2 Å². The molecule has 2 aliphatic rings. The first-order valence-corrected chi connectivity index (χ1v) is 10.3. The molecule has 29 heavy (non-hydrogen) atoms. The number of piperazine rings is 1. The predicted octanol–water partition coefficient (Wildman–Crippen LogP) is 2.41. The van der Waals surface area contributed by atoms with E-state index in [1.54, 1.807) is 24.4 Å². The number of ether oxygens (including phenoxy) is 1. The second kappa shape index (κ2) is 9.22. The Balaban J connectivity index is 1.20. The molecule has 2 aliphatic heterocycles. The predicted molar refractivity (Wildman–Crippen MR) is 110 cm³/mol. The number of amides is 1. The maximum Gasteiger partial charge on any atom is 0.236 e. The van der Waals surface area contributed by atoms with E-state index < -0.39 is 0 Å². The van der Waals surface area contributed by atoms with Crippen LogP contribution in [0.25, 0.3) is 0 Å². The average Bonchev–Trinajstić information content (AvgIpc) is 2.77. The molecule has 2 fully saturated rings. The lowest BCUT2D eigenvalue weighted by atomic mass is 10.1. The van der Waals surface area contributed by atoms with E-state index in [0.717, 1.165) is 57.9 Å². The van der Waals surface area contributed by atoms with E-state index in [0.29, 0.717) is 12.3 Å². The van der Waals surface area contributed by atoms with Crippen LogP contribution >= 0.6 is 0 Å². The zero-order chi connectivity index (χ0) is 20.1. The topological polar surface area (TPSA) is 48.9 Å². The summed E-state index contributed by atoms with van der Waals surface area (Å²) < 4.78 is 19.5. The minimum absolute atomic E-state index is 0.000157. The molecule has 2 aromatic rings. The molecule has 0 saturated carbocycles. The summed E-state index contributed by atoms with van der Waals surface area (Å²) in [7, 11) is 0. The molecule has 7 heteroatoms. The van der Waals surface area contributed by atoms with Gasteiger partial charge in [-0.25, -0.2) is 9.37 Å². The zero-order valence-corrected chi connectivity index (χ0v) is 16.5. The Morgan fingerprint density at radius 1 is 1.00 bits per heavy atom. The van der Waals surface area contributed by atoms with Gasteiger partial charge in [-0.05, 0) is 37.1 Å². The van der Waals surface area contributed by atoms with Gasteiger partial charge in [0.2, 0.25) is 5.91 Å². The highest BCUT2D eigenvalue weighted by Gasteiger charge is 2.26. The minimum Gasteiger partial charge on any atom is -0.487 e. The monoisotopic (exact) mass is 398 g/mol. The van der Waals surface area contributed by atoms with Crippen LogP contribution in [0.1, 0.15) is 12.8 Å². The van der Waals surface area contributed by atoms with E-state index >= 15 is 0 Å². The number of hydrogen-bond donors (Lipinski definition) is 0. The molecule has 154 valence electrons. The standard InChI is InChI=1S/C22H27FN4O2/c23-19-5-1-2-6-20(19)29-18-8-11-25(12-9-18)17-22(28)27-15-13-26(14-16-27)21-7-3-4-10-24-21/h1-7,10,18H,8-9,11-17H2. The molecule has 0 aliphatic carbocycles. The summed E-state index contributed by atoms with van der Waals surface area (Å²) in [6.07, 6.45) is 3.40. The Hall–Kier alpha value is -2.67. The molecule has 3 heterocycles. The lowest BCUT2D eigenvalue weighted by Gasteiger charge is -2.37. The Morgan fingerprint density at radius 2 is 1.72 bits per heavy atom. The molecule has 0 radical (unpaired) electrons. The maximum absolute atomic E-state index is 13.7. The fraction of sp³-hybridized carbons (Fsp3) is 0.455. The molecule has 1 amide bonds. The lowest BCUT2D eigenvalue weighted by Crippen LogP contribution is -2.52. The van der Waals surface area contributed by atoms with Gasteiger partial charge in [0.1, 0.15) is 11.9 Å². The first-order chi connectivity index (χ1) is 14.2. The number of hydrogen-bond acceptors (Lipinski definition) is 5. The van der Waals surface area contributed by atoms with Crippen LogP contribution in [-0.4, -0.2) is 72.6 Å². The number of halogens is 1. The Bertz CT molecular complexity index is 803. The van der Waals surface area contributed by atoms with Gasteiger partial charge in [0.25, 0.3) is 0 Å². The van der Waals surface area contributed by atoms with Gasteiger partial charge in [0, 0.05) is 45.5 Å². The van der Waals surface area contributed by atoms with Crippen LogP contribution in [0.4, 0.5) is 10.2 Å². The first kappa shape index (κ1) is 19.6. The smallest absolute Gasteiger partial charge is 0.236 e. The molecule has 1 aromatic carbocycles. The number of aromatic nitrogens is 1. The van der Waals surface area contributed by atoms with Gasteiger partial charge in [-0.3, -0.25) is 9.69 Å². The molecule has 1 aromatic heterocycles. The number of piperidine rings is 1. The van der Waals surface area contributed by atoms with Crippen LogP contribution in [0.3, 0.4) is 0 Å². The number of para-hydroxylation sites is 1. The van der Waals surface area contributed by atoms with Crippen molar-refractivity contribution >= 4 is 11.7 Å². The summed E-state index contributed by atoms with van der Waals surface area (Å²) in [4.78, 5) is 23.4. The zero-order valence-electron chi connectivity index (χ0n) is 16.5. The van der Waals surface area contributed by atoms with Crippen molar-refractivity contribution in [3.63, 3.8) is 0 Å². The van der Waals surface area contributed by atoms with Crippen molar-refractivity contribution in [3.05, 3.63) is 54.5 Å². The number of rotatable bonds is 5. The van der Waals surface area contributed by atoms with E-state index in [1.807, 2.05) is 23.1 Å². The van der Waals surface area contributed by atoms with Crippen molar-refractivity contribution in [1.82, 2.24) is 14.8 Å². The fourth-order valence-electron chi connectivity index (χ4n) is 3.92. The average molecular weight is 398 g/mol. The molecule has 0 N–H and O–H groups in total. The highest BCUT2D eigenvalue weighted by Crippen LogP contribution is 2.22. The van der Waals surface area contributed by atoms with E-state index in [-0.39, 0.29) is 17.8 Å². The second-order valence-electron chi connectivity index (χ2n) is 7.58. The quantitative estimate of drug-likeness (QED) is 0.774. The van der Waals surface area contributed by atoms with Gasteiger partial charge >= 0.3 is 0 Å². The largest absolute Gasteiger partial charge is 0.487 e. The fourth-order valence-corrected chi connectivity index (χ4v) is 3.92. The van der Waals surface area contributed by atoms with E-state index in [1.165, 1.54) is 6.07 Å². The van der Waals surface area contributed by atoms with Crippen molar-refractivity contribution in [3.8, 4) is 5.75 Å². The summed E-state index contributed by atoms with van der Waals surface area (Å²) in [5.74, 6) is 1.14. The third-order valence-electron chi connectivity index (χ3n) is 5.63. The molecular formula is C22H27FN4O2. The molecule has 0 bridgehead atoms. The Kier molecular flexibility index (Phi) is 6.24. The van der Waals surface area contributed by atoms with Crippen LogP contribution in [0.2, 0.25) is 0 Å². The minimum atomic E-state index is -0.324. The molecular weight excluding hydrogens is 371 g/mol. The Labute approximate surface area is 170 Å². The van der Waals surface area contributed by atoms with E-state index in [9.17, 15) is 9.18 Å². The molecule has 6 nitrogen and oxygen atoms in total. The Morgan fingerprint density at radius 3 is 2.41 bits per heavy atom. The molecule has 0 atom stereocenters. The lowest BCUT2D eigenvalue weighted by molar-refractivity contribution is -0.133. The number of nitrogens with zero attached hydrogens (tertiary/aromatic N) is 4. The molecule has 2 saturated heterocycles. The number of carbonyl (C=O) groups excluding carboxylic acids is 1. The molecule has 0 spiro atoms. The van der Waals surface area contributed by atoms with E-state index in [4.69, 9.17) is 4.74 Å². The van der Waals surface area contributed by atoms with Gasteiger partial charge in [-0.2, -0.15) is 0 Å². The third kappa shape index (κ3) is 5.03.